The fourth-order valence-electron chi connectivity index (χ4n) is 3.90. The molecule has 6 heteroatoms. The number of hydrogen-bond donors (Lipinski definition) is 1. The van der Waals surface area contributed by atoms with Gasteiger partial charge in [0.25, 0.3) is 0 Å². The average Bonchev–Trinajstić information content (AvgIpc) is 3.21. The SMILES string of the molecule is CN(C)Cc1ccc(-c2nc(-c3ccc(Oc4ccccc4)cc3)c3c(N)nccn23)cc1. The number of rotatable bonds is 6. The summed E-state index contributed by atoms with van der Waals surface area (Å²) in [4.78, 5) is 11.4. The summed E-state index contributed by atoms with van der Waals surface area (Å²) in [6.45, 7) is 0.891. The zero-order chi connectivity index (χ0) is 22.8. The molecule has 0 saturated heterocycles. The number of nitrogens with two attached hydrogens (primary N) is 1. The Kier molecular flexibility index (Phi) is 5.50. The Morgan fingerprint density at radius 1 is 0.848 bits per heavy atom. The first kappa shape index (κ1) is 20.7. The molecule has 0 atom stereocenters. The molecule has 0 radical (unpaired) electrons. The number of nitrogen functional groups attached to an aromatic ring is 1. The molecule has 2 aromatic heterocycles. The summed E-state index contributed by atoms with van der Waals surface area (Å²) < 4.78 is 7.93. The highest BCUT2D eigenvalue weighted by Crippen LogP contribution is 2.33. The number of benzene rings is 3. The highest BCUT2D eigenvalue weighted by molar-refractivity contribution is 5.88. The van der Waals surface area contributed by atoms with Crippen molar-refractivity contribution in [1.82, 2.24) is 19.3 Å². The molecule has 0 saturated carbocycles. The number of fused-ring (bicyclic) bond motifs is 1. The Hall–Kier alpha value is -4.16. The van der Waals surface area contributed by atoms with Gasteiger partial charge in [-0.3, -0.25) is 4.40 Å². The highest BCUT2D eigenvalue weighted by atomic mass is 16.5. The maximum atomic E-state index is 6.29. The summed E-state index contributed by atoms with van der Waals surface area (Å²) >= 11 is 0. The number of para-hydroxylation sites is 1. The molecule has 164 valence electrons. The van der Waals surface area contributed by atoms with Crippen molar-refractivity contribution in [3.05, 3.63) is 96.8 Å². The molecule has 0 bridgehead atoms. The van der Waals surface area contributed by atoms with Gasteiger partial charge in [0.1, 0.15) is 34.4 Å². The fourth-order valence-corrected chi connectivity index (χ4v) is 3.90. The number of aromatic nitrogens is 3. The third kappa shape index (κ3) is 4.29. The van der Waals surface area contributed by atoms with E-state index in [1.807, 2.05) is 65.2 Å². The minimum absolute atomic E-state index is 0.445. The fraction of sp³-hybridized carbons (Fsp3) is 0.111. The van der Waals surface area contributed by atoms with E-state index in [0.29, 0.717) is 5.82 Å². The number of anilines is 1. The Labute approximate surface area is 192 Å². The van der Waals surface area contributed by atoms with Crippen LogP contribution in [0.2, 0.25) is 0 Å². The van der Waals surface area contributed by atoms with Crippen molar-refractivity contribution in [3.8, 4) is 34.1 Å². The third-order valence-electron chi connectivity index (χ3n) is 5.40. The quantitative estimate of drug-likeness (QED) is 0.381. The molecule has 2 heterocycles. The van der Waals surface area contributed by atoms with Crippen LogP contribution in [-0.2, 0) is 6.54 Å². The molecule has 2 N–H and O–H groups in total. The minimum atomic E-state index is 0.445. The maximum absolute atomic E-state index is 6.29. The molecule has 5 aromatic rings. The monoisotopic (exact) mass is 435 g/mol. The van der Waals surface area contributed by atoms with Gasteiger partial charge in [-0.15, -0.1) is 0 Å². The molecule has 0 amide bonds. The Bertz CT molecular complexity index is 1370. The average molecular weight is 436 g/mol. The largest absolute Gasteiger partial charge is 0.457 e. The summed E-state index contributed by atoms with van der Waals surface area (Å²) in [6, 6.07) is 26.1. The van der Waals surface area contributed by atoms with Crippen LogP contribution in [0, 0.1) is 0 Å². The smallest absolute Gasteiger partial charge is 0.150 e. The van der Waals surface area contributed by atoms with E-state index in [1.165, 1.54) is 5.56 Å². The van der Waals surface area contributed by atoms with Crippen LogP contribution in [0.5, 0.6) is 11.5 Å². The van der Waals surface area contributed by atoms with Crippen molar-refractivity contribution < 1.29 is 4.74 Å². The van der Waals surface area contributed by atoms with Gasteiger partial charge in [0.05, 0.1) is 0 Å². The van der Waals surface area contributed by atoms with Crippen molar-refractivity contribution in [1.29, 1.82) is 0 Å². The van der Waals surface area contributed by atoms with Gasteiger partial charge in [0.2, 0.25) is 0 Å². The van der Waals surface area contributed by atoms with E-state index in [0.717, 1.165) is 46.2 Å². The van der Waals surface area contributed by atoms with E-state index in [4.69, 9.17) is 15.5 Å². The van der Waals surface area contributed by atoms with Crippen LogP contribution in [0.25, 0.3) is 28.2 Å². The first-order valence-electron chi connectivity index (χ1n) is 10.8. The predicted molar refractivity (Wildman–Crippen MR) is 132 cm³/mol. The van der Waals surface area contributed by atoms with Crippen LogP contribution in [0.4, 0.5) is 5.82 Å². The second-order valence-electron chi connectivity index (χ2n) is 8.19. The molecule has 0 fully saturated rings. The van der Waals surface area contributed by atoms with Gasteiger partial charge < -0.3 is 15.4 Å². The van der Waals surface area contributed by atoms with Gasteiger partial charge in [-0.1, -0.05) is 42.5 Å². The maximum Gasteiger partial charge on any atom is 0.150 e. The van der Waals surface area contributed by atoms with Crippen molar-refractivity contribution in [3.63, 3.8) is 0 Å². The van der Waals surface area contributed by atoms with Crippen molar-refractivity contribution in [2.45, 2.75) is 6.54 Å². The van der Waals surface area contributed by atoms with Crippen molar-refractivity contribution in [2.24, 2.45) is 0 Å². The van der Waals surface area contributed by atoms with Gasteiger partial charge in [-0.2, -0.15) is 0 Å². The lowest BCUT2D eigenvalue weighted by Gasteiger charge is -2.10. The van der Waals surface area contributed by atoms with E-state index in [1.54, 1.807) is 6.20 Å². The molecule has 0 aliphatic carbocycles. The molecule has 33 heavy (non-hydrogen) atoms. The normalized spacial score (nSPS) is 11.2. The zero-order valence-electron chi connectivity index (χ0n) is 18.6. The second kappa shape index (κ2) is 8.76. The van der Waals surface area contributed by atoms with Gasteiger partial charge in [-0.25, -0.2) is 9.97 Å². The zero-order valence-corrected chi connectivity index (χ0v) is 18.6. The van der Waals surface area contributed by atoms with Gasteiger partial charge >= 0.3 is 0 Å². The number of ether oxygens (including phenoxy) is 1. The van der Waals surface area contributed by atoms with Crippen LogP contribution < -0.4 is 10.5 Å². The molecule has 5 rings (SSSR count). The first-order chi connectivity index (χ1) is 16.1. The Morgan fingerprint density at radius 2 is 1.52 bits per heavy atom. The molecular formula is C27H25N5O. The molecule has 0 aliphatic heterocycles. The van der Waals surface area contributed by atoms with Crippen molar-refractivity contribution in [2.75, 3.05) is 19.8 Å². The van der Waals surface area contributed by atoms with E-state index in [-0.39, 0.29) is 0 Å². The molecule has 0 aliphatic rings. The van der Waals surface area contributed by atoms with Crippen LogP contribution in [-0.4, -0.2) is 33.4 Å². The van der Waals surface area contributed by atoms with Crippen LogP contribution in [0.1, 0.15) is 5.56 Å². The molecule has 3 aromatic carbocycles. The van der Waals surface area contributed by atoms with Crippen molar-refractivity contribution >= 4 is 11.3 Å². The van der Waals surface area contributed by atoms with Gasteiger partial charge in [-0.05, 0) is 56.1 Å². The molecule has 0 spiro atoms. The van der Waals surface area contributed by atoms with Crippen LogP contribution in [0.3, 0.4) is 0 Å². The standard InChI is InChI=1S/C27H25N5O/c1-31(2)18-19-8-10-21(11-9-19)27-30-24(25-26(28)29-16-17-32(25)27)20-12-14-23(15-13-20)33-22-6-4-3-5-7-22/h3-17H,18H2,1-2H3,(H2,28,29). The van der Waals surface area contributed by atoms with Gasteiger partial charge in [0, 0.05) is 30.1 Å². The Balaban J connectivity index is 1.52. The third-order valence-corrected chi connectivity index (χ3v) is 5.40. The molecule has 0 unspecified atom stereocenters. The lowest BCUT2D eigenvalue weighted by atomic mass is 10.1. The second-order valence-corrected chi connectivity index (χ2v) is 8.19. The van der Waals surface area contributed by atoms with Crippen LogP contribution >= 0.6 is 0 Å². The van der Waals surface area contributed by atoms with E-state index < -0.39 is 0 Å². The van der Waals surface area contributed by atoms with E-state index in [2.05, 4.69) is 48.2 Å². The number of imidazole rings is 1. The van der Waals surface area contributed by atoms with Gasteiger partial charge in [0.15, 0.2) is 0 Å². The molecule has 6 nitrogen and oxygen atoms in total. The summed E-state index contributed by atoms with van der Waals surface area (Å²) in [6.07, 6.45) is 3.60. The number of hydrogen-bond acceptors (Lipinski definition) is 5. The Morgan fingerprint density at radius 3 is 2.21 bits per heavy atom. The number of nitrogens with zero attached hydrogens (tertiary/aromatic N) is 4. The molecular weight excluding hydrogens is 410 g/mol. The summed E-state index contributed by atoms with van der Waals surface area (Å²) in [5.41, 5.74) is 11.1. The highest BCUT2D eigenvalue weighted by Gasteiger charge is 2.17. The lowest BCUT2D eigenvalue weighted by Crippen LogP contribution is -2.10. The predicted octanol–water partition coefficient (Wildman–Crippen LogP) is 5.50. The topological polar surface area (TPSA) is 68.7 Å². The summed E-state index contributed by atoms with van der Waals surface area (Å²) in [5.74, 6) is 2.83. The van der Waals surface area contributed by atoms with E-state index in [9.17, 15) is 0 Å². The van der Waals surface area contributed by atoms with E-state index >= 15 is 0 Å². The minimum Gasteiger partial charge on any atom is -0.457 e. The summed E-state index contributed by atoms with van der Waals surface area (Å²) in [5, 5.41) is 0. The summed E-state index contributed by atoms with van der Waals surface area (Å²) in [7, 11) is 4.13. The van der Waals surface area contributed by atoms with Crippen LogP contribution in [0.15, 0.2) is 91.3 Å². The first-order valence-corrected chi connectivity index (χ1v) is 10.8. The lowest BCUT2D eigenvalue weighted by molar-refractivity contribution is 0.402.